The van der Waals surface area contributed by atoms with Crippen LogP contribution in [-0.4, -0.2) is 60.1 Å². The molecule has 0 N–H and O–H groups in total. The molecule has 1 saturated carbocycles. The summed E-state index contributed by atoms with van der Waals surface area (Å²) in [7, 11) is 0. The minimum absolute atomic E-state index is 0.194. The minimum atomic E-state index is 0.194. The Morgan fingerprint density at radius 3 is 2.58 bits per heavy atom. The van der Waals surface area contributed by atoms with E-state index in [0.29, 0.717) is 17.9 Å². The van der Waals surface area contributed by atoms with Crippen LogP contribution in [0.5, 0.6) is 0 Å². The van der Waals surface area contributed by atoms with Crippen LogP contribution in [0.1, 0.15) is 44.6 Å². The lowest BCUT2D eigenvalue weighted by Crippen LogP contribution is -2.51. The molecule has 3 aliphatic rings. The smallest absolute Gasteiger partial charge is 0.226 e. The predicted octanol–water partition coefficient (Wildman–Crippen LogP) is 3.65. The Morgan fingerprint density at radius 2 is 1.88 bits per heavy atom. The van der Waals surface area contributed by atoms with Gasteiger partial charge in [0.1, 0.15) is 0 Å². The first-order valence-corrected chi connectivity index (χ1v) is 10.7. The van der Waals surface area contributed by atoms with Gasteiger partial charge in [0.05, 0.1) is 12.2 Å². The highest BCUT2D eigenvalue weighted by Gasteiger charge is 2.47. The molecular formula is C21H29BrN2O2. The molecule has 2 aliphatic heterocycles. The number of rotatable bonds is 4. The highest BCUT2D eigenvalue weighted by molar-refractivity contribution is 9.10. The van der Waals surface area contributed by atoms with Gasteiger partial charge >= 0.3 is 0 Å². The van der Waals surface area contributed by atoms with Crippen molar-refractivity contribution in [3.05, 3.63) is 34.3 Å². The first kappa shape index (κ1) is 18.5. The van der Waals surface area contributed by atoms with Crippen molar-refractivity contribution in [2.24, 2.45) is 5.92 Å². The van der Waals surface area contributed by atoms with Crippen molar-refractivity contribution in [1.82, 2.24) is 9.80 Å². The van der Waals surface area contributed by atoms with Crippen molar-refractivity contribution in [2.45, 2.75) is 57.3 Å². The minimum Gasteiger partial charge on any atom is -0.373 e. The number of benzene rings is 1. The number of carbonyl (C=O) groups is 1. The van der Waals surface area contributed by atoms with Crippen LogP contribution in [0.2, 0.25) is 0 Å². The largest absolute Gasteiger partial charge is 0.373 e. The molecular weight excluding hydrogens is 392 g/mol. The van der Waals surface area contributed by atoms with Gasteiger partial charge in [0.25, 0.3) is 0 Å². The van der Waals surface area contributed by atoms with Gasteiger partial charge in [-0.2, -0.15) is 0 Å². The highest BCUT2D eigenvalue weighted by atomic mass is 79.9. The molecule has 1 amide bonds. The summed E-state index contributed by atoms with van der Waals surface area (Å²) in [5, 5.41) is 0. The van der Waals surface area contributed by atoms with E-state index in [1.54, 1.807) is 0 Å². The van der Waals surface area contributed by atoms with Gasteiger partial charge in [0.15, 0.2) is 0 Å². The maximum atomic E-state index is 13.1. The van der Waals surface area contributed by atoms with E-state index in [-0.39, 0.29) is 18.1 Å². The number of morpholine rings is 1. The molecule has 1 aromatic carbocycles. The SMILES string of the molecule is CC1CN(CC2CCCN2C(=O)C2CC2c2ccc(Br)cc2)CC(C)O1. The molecule has 0 radical (unpaired) electrons. The highest BCUT2D eigenvalue weighted by Crippen LogP contribution is 2.49. The summed E-state index contributed by atoms with van der Waals surface area (Å²) in [6, 6.07) is 8.84. The van der Waals surface area contributed by atoms with E-state index in [2.05, 4.69) is 63.8 Å². The Balaban J connectivity index is 1.36. The fourth-order valence-corrected chi connectivity index (χ4v) is 5.07. The molecule has 1 aromatic rings. The van der Waals surface area contributed by atoms with E-state index in [1.165, 1.54) is 5.56 Å². The molecule has 4 nitrogen and oxygen atoms in total. The number of likely N-dealkylation sites (tertiary alicyclic amines) is 1. The van der Waals surface area contributed by atoms with E-state index in [4.69, 9.17) is 4.74 Å². The molecule has 5 unspecified atom stereocenters. The van der Waals surface area contributed by atoms with E-state index in [0.717, 1.165) is 49.9 Å². The van der Waals surface area contributed by atoms with Gasteiger partial charge < -0.3 is 9.64 Å². The van der Waals surface area contributed by atoms with Crippen molar-refractivity contribution in [1.29, 1.82) is 0 Å². The summed E-state index contributed by atoms with van der Waals surface area (Å²) in [6.45, 7) is 8.18. The molecule has 5 heteroatoms. The van der Waals surface area contributed by atoms with Gasteiger partial charge in [-0.1, -0.05) is 28.1 Å². The maximum absolute atomic E-state index is 13.1. The Hall–Kier alpha value is -0.910. The lowest BCUT2D eigenvalue weighted by atomic mass is 10.1. The quantitative estimate of drug-likeness (QED) is 0.744. The number of hydrogen-bond acceptors (Lipinski definition) is 3. The van der Waals surface area contributed by atoms with Crippen LogP contribution in [0.25, 0.3) is 0 Å². The second-order valence-corrected chi connectivity index (χ2v) is 9.22. The third-order valence-corrected chi connectivity index (χ3v) is 6.56. The topological polar surface area (TPSA) is 32.8 Å². The summed E-state index contributed by atoms with van der Waals surface area (Å²) in [6.07, 6.45) is 3.86. The van der Waals surface area contributed by atoms with Crippen LogP contribution in [-0.2, 0) is 9.53 Å². The van der Waals surface area contributed by atoms with Crippen molar-refractivity contribution in [3.63, 3.8) is 0 Å². The van der Waals surface area contributed by atoms with E-state index < -0.39 is 0 Å². The zero-order valence-electron chi connectivity index (χ0n) is 15.7. The first-order valence-electron chi connectivity index (χ1n) is 9.95. The normalized spacial score (nSPS) is 34.9. The molecule has 3 fully saturated rings. The Kier molecular flexibility index (Phi) is 5.40. The zero-order chi connectivity index (χ0) is 18.3. The van der Waals surface area contributed by atoms with Crippen LogP contribution in [0.4, 0.5) is 0 Å². The molecule has 0 bridgehead atoms. The summed E-state index contributed by atoms with van der Waals surface area (Å²) in [4.78, 5) is 17.8. The number of halogens is 1. The molecule has 0 spiro atoms. The lowest BCUT2D eigenvalue weighted by Gasteiger charge is -2.38. The Morgan fingerprint density at radius 1 is 1.19 bits per heavy atom. The second kappa shape index (κ2) is 7.61. The first-order chi connectivity index (χ1) is 12.5. The van der Waals surface area contributed by atoms with Crippen LogP contribution in [0.3, 0.4) is 0 Å². The molecule has 4 rings (SSSR count). The van der Waals surface area contributed by atoms with Crippen LogP contribution in [0, 0.1) is 5.92 Å². The van der Waals surface area contributed by atoms with Crippen molar-refractivity contribution >= 4 is 21.8 Å². The Labute approximate surface area is 165 Å². The van der Waals surface area contributed by atoms with E-state index >= 15 is 0 Å². The number of nitrogens with zero attached hydrogens (tertiary/aromatic N) is 2. The molecule has 1 aliphatic carbocycles. The summed E-state index contributed by atoms with van der Waals surface area (Å²) < 4.78 is 6.94. The van der Waals surface area contributed by atoms with Gasteiger partial charge in [0.2, 0.25) is 5.91 Å². The lowest BCUT2D eigenvalue weighted by molar-refractivity contribution is -0.134. The van der Waals surface area contributed by atoms with Gasteiger partial charge in [0, 0.05) is 42.6 Å². The van der Waals surface area contributed by atoms with Gasteiger partial charge in [-0.05, 0) is 56.7 Å². The molecule has 26 heavy (non-hydrogen) atoms. The van der Waals surface area contributed by atoms with E-state index in [1.807, 2.05) is 0 Å². The molecule has 2 heterocycles. The number of ether oxygens (including phenoxy) is 1. The standard InChI is InChI=1S/C21H29BrN2O2/c1-14-11-23(12-15(2)26-14)13-18-4-3-9-24(18)21(25)20-10-19(20)16-5-7-17(22)8-6-16/h5-8,14-15,18-20H,3-4,9-13H2,1-2H3. The Bertz CT molecular complexity index is 640. The number of carbonyl (C=O) groups excluding carboxylic acids is 1. The zero-order valence-corrected chi connectivity index (χ0v) is 17.3. The van der Waals surface area contributed by atoms with Crippen molar-refractivity contribution in [3.8, 4) is 0 Å². The number of amides is 1. The van der Waals surface area contributed by atoms with Gasteiger partial charge in [-0.3, -0.25) is 9.69 Å². The molecule has 0 aromatic heterocycles. The monoisotopic (exact) mass is 420 g/mol. The summed E-state index contributed by atoms with van der Waals surface area (Å²) in [5.41, 5.74) is 1.30. The molecule has 5 atom stereocenters. The van der Waals surface area contributed by atoms with Gasteiger partial charge in [-0.15, -0.1) is 0 Å². The maximum Gasteiger partial charge on any atom is 0.226 e. The average Bonchev–Trinajstić information content (AvgIpc) is 3.26. The van der Waals surface area contributed by atoms with Gasteiger partial charge in [-0.25, -0.2) is 0 Å². The van der Waals surface area contributed by atoms with Crippen LogP contribution < -0.4 is 0 Å². The van der Waals surface area contributed by atoms with Crippen LogP contribution in [0.15, 0.2) is 28.7 Å². The molecule has 142 valence electrons. The fourth-order valence-electron chi connectivity index (χ4n) is 4.81. The average molecular weight is 421 g/mol. The van der Waals surface area contributed by atoms with E-state index in [9.17, 15) is 4.79 Å². The summed E-state index contributed by atoms with van der Waals surface area (Å²) >= 11 is 3.49. The third kappa shape index (κ3) is 4.00. The third-order valence-electron chi connectivity index (χ3n) is 6.03. The predicted molar refractivity (Wildman–Crippen MR) is 106 cm³/mol. The molecule has 2 saturated heterocycles. The van der Waals surface area contributed by atoms with Crippen molar-refractivity contribution < 1.29 is 9.53 Å². The fraction of sp³-hybridized carbons (Fsp3) is 0.667. The van der Waals surface area contributed by atoms with Crippen LogP contribution >= 0.6 is 15.9 Å². The second-order valence-electron chi connectivity index (χ2n) is 8.30. The number of hydrogen-bond donors (Lipinski definition) is 0. The van der Waals surface area contributed by atoms with Crippen molar-refractivity contribution in [2.75, 3.05) is 26.2 Å². The summed E-state index contributed by atoms with van der Waals surface area (Å²) in [5.74, 6) is 0.995.